The van der Waals surface area contributed by atoms with Crippen LogP contribution in [0.1, 0.15) is 22.7 Å². The van der Waals surface area contributed by atoms with Gasteiger partial charge in [0.2, 0.25) is 5.78 Å². The van der Waals surface area contributed by atoms with Crippen LogP contribution in [0.3, 0.4) is 0 Å². The maximum atomic E-state index is 13.6. The number of pyridine rings is 1. The zero-order valence-corrected chi connectivity index (χ0v) is 19.0. The van der Waals surface area contributed by atoms with Gasteiger partial charge in [-0.2, -0.15) is 0 Å². The average molecular weight is 460 g/mol. The molecule has 1 N–H and O–H groups in total. The van der Waals surface area contributed by atoms with Gasteiger partial charge in [-0.15, -0.1) is 0 Å². The summed E-state index contributed by atoms with van der Waals surface area (Å²) < 4.78 is 15.8. The van der Waals surface area contributed by atoms with E-state index in [1.54, 1.807) is 62.0 Å². The van der Waals surface area contributed by atoms with E-state index in [1.165, 1.54) is 25.2 Å². The molecular formula is C26H24N2O6. The number of carbonyl (C=O) groups is 2. The molecule has 0 aliphatic carbocycles. The zero-order chi connectivity index (χ0) is 24.2. The van der Waals surface area contributed by atoms with Crippen molar-refractivity contribution in [2.24, 2.45) is 0 Å². The van der Waals surface area contributed by atoms with Gasteiger partial charge in [0.05, 0.1) is 33.9 Å². The van der Waals surface area contributed by atoms with E-state index in [9.17, 15) is 14.7 Å². The molecule has 0 bridgehead atoms. The molecule has 4 rings (SSSR count). The van der Waals surface area contributed by atoms with Crippen LogP contribution in [-0.4, -0.2) is 37.9 Å². The van der Waals surface area contributed by atoms with Crippen LogP contribution in [0.4, 0.5) is 0 Å². The molecule has 1 unspecified atom stereocenters. The predicted molar refractivity (Wildman–Crippen MR) is 121 cm³/mol. The van der Waals surface area contributed by atoms with Gasteiger partial charge in [-0.25, -0.2) is 4.98 Å². The first-order chi connectivity index (χ1) is 16.5. The number of hydrogen-bond acceptors (Lipinski definition) is 6. The van der Waals surface area contributed by atoms with Crippen molar-refractivity contribution in [2.45, 2.75) is 12.6 Å². The quantitative estimate of drug-likeness (QED) is 0.303. The number of likely N-dealkylation sites (tertiary alicyclic amines) is 1. The van der Waals surface area contributed by atoms with Crippen molar-refractivity contribution in [1.29, 1.82) is 0 Å². The zero-order valence-electron chi connectivity index (χ0n) is 19.0. The van der Waals surface area contributed by atoms with Crippen molar-refractivity contribution in [3.8, 4) is 17.2 Å². The minimum Gasteiger partial charge on any atom is -0.872 e. The Bertz CT molecular complexity index is 1240. The van der Waals surface area contributed by atoms with Gasteiger partial charge in [-0.3, -0.25) is 9.59 Å². The molecule has 1 atom stereocenters. The maximum Gasteiger partial charge on any atom is 0.295 e. The van der Waals surface area contributed by atoms with Crippen LogP contribution >= 0.6 is 0 Å². The van der Waals surface area contributed by atoms with Gasteiger partial charge < -0.3 is 24.2 Å². The number of carbonyl (C=O) groups excluding carboxylic acids is 2. The monoisotopic (exact) mass is 460 g/mol. The number of nitrogens with one attached hydrogen (secondary N) is 1. The van der Waals surface area contributed by atoms with E-state index < -0.39 is 23.5 Å². The first-order valence-electron chi connectivity index (χ1n) is 10.6. The van der Waals surface area contributed by atoms with Crippen LogP contribution in [-0.2, 0) is 16.1 Å². The Morgan fingerprint density at radius 1 is 0.971 bits per heavy atom. The molecule has 1 saturated heterocycles. The molecule has 8 heteroatoms. The number of benzene rings is 2. The second-order valence-corrected chi connectivity index (χ2v) is 7.66. The van der Waals surface area contributed by atoms with Crippen LogP contribution in [0.25, 0.3) is 5.76 Å². The molecule has 0 saturated carbocycles. The number of amides is 1. The van der Waals surface area contributed by atoms with Gasteiger partial charge in [0, 0.05) is 17.2 Å². The normalized spacial score (nSPS) is 17.0. The average Bonchev–Trinajstić information content (AvgIpc) is 3.13. The number of methoxy groups -OCH3 is 3. The molecule has 2 heterocycles. The summed E-state index contributed by atoms with van der Waals surface area (Å²) in [7, 11) is 4.50. The van der Waals surface area contributed by atoms with Gasteiger partial charge in [0.25, 0.3) is 5.91 Å². The molecule has 3 aromatic rings. The molecule has 0 spiro atoms. The van der Waals surface area contributed by atoms with Crippen molar-refractivity contribution < 1.29 is 33.9 Å². The Balaban J connectivity index is 1.86. The highest BCUT2D eigenvalue weighted by Crippen LogP contribution is 2.41. The van der Waals surface area contributed by atoms with Crippen LogP contribution < -0.4 is 24.3 Å². The molecular weight excluding hydrogens is 436 g/mol. The van der Waals surface area contributed by atoms with Gasteiger partial charge in [-0.1, -0.05) is 24.0 Å². The molecule has 174 valence electrons. The smallest absolute Gasteiger partial charge is 0.295 e. The molecule has 1 aliphatic rings. The summed E-state index contributed by atoms with van der Waals surface area (Å²) in [4.78, 5) is 30.7. The topological polar surface area (TPSA) is 102 Å². The highest BCUT2D eigenvalue weighted by atomic mass is 16.5. The van der Waals surface area contributed by atoms with Crippen molar-refractivity contribution in [2.75, 3.05) is 21.3 Å². The standard InChI is InChI=1S/C26H24N2O6/c1-32-19-9-6-17(7-10-19)23-22(24(29)18-8-11-20(33-2)21(13-18)34-3)25(30)26(31)28(23)15-16-5-4-12-27-14-16/h4-14,23,29H,15H2,1-3H3. The summed E-state index contributed by atoms with van der Waals surface area (Å²) in [6.07, 6.45) is 3.50. The summed E-state index contributed by atoms with van der Waals surface area (Å²) in [5.74, 6) is -0.664. The van der Waals surface area contributed by atoms with Gasteiger partial charge in [0.1, 0.15) is 5.75 Å². The third kappa shape index (κ3) is 4.17. The van der Waals surface area contributed by atoms with Crippen LogP contribution in [0.2, 0.25) is 0 Å². The van der Waals surface area contributed by atoms with E-state index in [1.807, 2.05) is 6.07 Å². The number of hydrogen-bond donors (Lipinski definition) is 0. The maximum absolute atomic E-state index is 13.6. The van der Waals surface area contributed by atoms with E-state index in [0.29, 0.717) is 22.8 Å². The summed E-state index contributed by atoms with van der Waals surface area (Å²) >= 11 is 0. The largest absolute Gasteiger partial charge is 0.872 e. The molecule has 0 radical (unpaired) electrons. The Labute approximate surface area is 197 Å². The Morgan fingerprint density at radius 3 is 2.32 bits per heavy atom. The first-order valence-corrected chi connectivity index (χ1v) is 10.6. The molecule has 34 heavy (non-hydrogen) atoms. The highest BCUT2D eigenvalue weighted by molar-refractivity contribution is 6.46. The number of aromatic amines is 1. The van der Waals surface area contributed by atoms with Crippen molar-refractivity contribution in [3.05, 3.63) is 89.3 Å². The number of rotatable bonds is 7. The van der Waals surface area contributed by atoms with Crippen LogP contribution in [0, 0.1) is 0 Å². The van der Waals surface area contributed by atoms with E-state index in [-0.39, 0.29) is 17.7 Å². The molecule has 1 amide bonds. The molecule has 1 aliphatic heterocycles. The summed E-state index contributed by atoms with van der Waals surface area (Å²) in [6, 6.07) is 14.4. The van der Waals surface area contributed by atoms with Gasteiger partial charge >= 0.3 is 0 Å². The second-order valence-electron chi connectivity index (χ2n) is 7.66. The van der Waals surface area contributed by atoms with Crippen molar-refractivity contribution in [3.63, 3.8) is 0 Å². The number of nitrogens with zero attached hydrogens (tertiary/aromatic N) is 1. The fourth-order valence-corrected chi connectivity index (χ4v) is 4.02. The van der Waals surface area contributed by atoms with E-state index >= 15 is 0 Å². The number of Topliss-reactive ketones (excluding diaryl/α,β-unsaturated/α-hetero) is 1. The van der Waals surface area contributed by atoms with E-state index in [4.69, 9.17) is 14.2 Å². The Kier molecular flexibility index (Phi) is 6.49. The van der Waals surface area contributed by atoms with Crippen molar-refractivity contribution >= 4 is 17.4 Å². The van der Waals surface area contributed by atoms with Gasteiger partial charge in [-0.05, 0) is 41.5 Å². The predicted octanol–water partition coefficient (Wildman–Crippen LogP) is 1.95. The summed E-state index contributed by atoms with van der Waals surface area (Å²) in [6.45, 7) is 0.154. The van der Waals surface area contributed by atoms with Crippen molar-refractivity contribution in [1.82, 2.24) is 4.90 Å². The lowest BCUT2D eigenvalue weighted by Gasteiger charge is -2.27. The Hall–Kier alpha value is -4.33. The summed E-state index contributed by atoms with van der Waals surface area (Å²) in [5.41, 5.74) is 1.54. The fourth-order valence-electron chi connectivity index (χ4n) is 4.02. The van der Waals surface area contributed by atoms with E-state index in [2.05, 4.69) is 4.98 Å². The Morgan fingerprint density at radius 2 is 1.71 bits per heavy atom. The van der Waals surface area contributed by atoms with Crippen LogP contribution in [0.15, 0.2) is 72.6 Å². The summed E-state index contributed by atoms with van der Waals surface area (Å²) in [5, 5.41) is 13.6. The molecule has 8 nitrogen and oxygen atoms in total. The second kappa shape index (κ2) is 9.66. The number of H-pyrrole nitrogens is 1. The SMILES string of the molecule is COc1ccc(C2C(=C([O-])c3ccc(OC)c(OC)c3)C(=O)C(=O)N2Cc2ccc[nH+]c2)cc1. The van der Waals surface area contributed by atoms with Gasteiger partial charge in [0.15, 0.2) is 23.9 Å². The van der Waals surface area contributed by atoms with E-state index in [0.717, 1.165) is 5.56 Å². The minimum atomic E-state index is -0.855. The lowest BCUT2D eigenvalue weighted by molar-refractivity contribution is -0.378. The minimum absolute atomic E-state index is 0.109. The lowest BCUT2D eigenvalue weighted by Crippen LogP contribution is -2.29. The lowest BCUT2D eigenvalue weighted by atomic mass is 9.95. The number of ether oxygens (including phenoxy) is 3. The number of ketones is 1. The molecule has 2 aromatic carbocycles. The molecule has 1 fully saturated rings. The third-order valence-corrected chi connectivity index (χ3v) is 5.73. The third-order valence-electron chi connectivity index (χ3n) is 5.73. The first kappa shape index (κ1) is 22.8. The highest BCUT2D eigenvalue weighted by Gasteiger charge is 2.44. The molecule has 1 aromatic heterocycles. The van der Waals surface area contributed by atoms with Crippen LogP contribution in [0.5, 0.6) is 17.2 Å². The fraction of sp³-hybridized carbons (Fsp3) is 0.192. The number of aromatic nitrogens is 1.